The number of ether oxygens (including phenoxy) is 1. The van der Waals surface area contributed by atoms with E-state index in [1.807, 2.05) is 23.8 Å². The first-order valence-corrected chi connectivity index (χ1v) is 9.04. The van der Waals surface area contributed by atoms with Gasteiger partial charge in [-0.1, -0.05) is 6.07 Å². The van der Waals surface area contributed by atoms with Crippen molar-refractivity contribution < 1.29 is 9.53 Å². The number of carbonyl (C=O) groups is 1. The number of nitrogens with zero attached hydrogens (tertiary/aromatic N) is 5. The predicted molar refractivity (Wildman–Crippen MR) is 110 cm³/mol. The molecule has 0 aliphatic carbocycles. The highest BCUT2D eigenvalue weighted by Crippen LogP contribution is 2.23. The fourth-order valence-corrected chi connectivity index (χ4v) is 2.80. The molecule has 1 amide bonds. The lowest BCUT2D eigenvalue weighted by atomic mass is 10.1. The average Bonchev–Trinajstić information content (AvgIpc) is 3.21. The van der Waals surface area contributed by atoms with Gasteiger partial charge in [0.25, 0.3) is 5.91 Å². The van der Waals surface area contributed by atoms with E-state index in [0.29, 0.717) is 34.3 Å². The van der Waals surface area contributed by atoms with E-state index in [9.17, 15) is 4.79 Å². The van der Waals surface area contributed by atoms with Gasteiger partial charge in [0.05, 0.1) is 11.6 Å². The number of amides is 1. The molecule has 0 radical (unpaired) electrons. The summed E-state index contributed by atoms with van der Waals surface area (Å²) in [6.07, 6.45) is 4.93. The molecule has 1 N–H and O–H groups in total. The number of benzene rings is 2. The van der Waals surface area contributed by atoms with E-state index >= 15 is 0 Å². The van der Waals surface area contributed by atoms with Gasteiger partial charge in [-0.15, -0.1) is 0 Å². The third-order valence-corrected chi connectivity index (χ3v) is 4.29. The minimum Gasteiger partial charge on any atom is -0.439 e. The second-order valence-electron chi connectivity index (χ2n) is 6.33. The van der Waals surface area contributed by atoms with E-state index in [1.54, 1.807) is 60.8 Å². The zero-order chi connectivity index (χ0) is 20.9. The summed E-state index contributed by atoms with van der Waals surface area (Å²) in [5, 5.41) is 11.8. The summed E-state index contributed by atoms with van der Waals surface area (Å²) in [6, 6.07) is 17.2. The van der Waals surface area contributed by atoms with E-state index in [-0.39, 0.29) is 5.91 Å². The van der Waals surface area contributed by atoms with Gasteiger partial charge in [0.1, 0.15) is 23.7 Å². The van der Waals surface area contributed by atoms with Gasteiger partial charge in [-0.05, 0) is 49.4 Å². The van der Waals surface area contributed by atoms with Crippen LogP contribution >= 0.6 is 0 Å². The zero-order valence-electron chi connectivity index (χ0n) is 16.0. The van der Waals surface area contributed by atoms with Crippen LogP contribution in [-0.4, -0.2) is 25.4 Å². The van der Waals surface area contributed by atoms with Crippen molar-refractivity contribution in [2.45, 2.75) is 6.92 Å². The van der Waals surface area contributed by atoms with Crippen molar-refractivity contribution in [3.8, 4) is 23.5 Å². The summed E-state index contributed by atoms with van der Waals surface area (Å²) in [7, 11) is 0. The van der Waals surface area contributed by atoms with Crippen LogP contribution in [-0.2, 0) is 0 Å². The molecule has 0 aliphatic heterocycles. The predicted octanol–water partition coefficient (Wildman–Crippen LogP) is 3.89. The Balaban J connectivity index is 1.45. The monoisotopic (exact) mass is 396 g/mol. The van der Waals surface area contributed by atoms with Gasteiger partial charge in [0.2, 0.25) is 5.88 Å². The molecule has 4 aromatic rings. The van der Waals surface area contributed by atoms with Crippen LogP contribution in [0.1, 0.15) is 21.7 Å². The number of imidazole rings is 1. The van der Waals surface area contributed by atoms with Crippen LogP contribution in [0, 0.1) is 18.3 Å². The molecule has 4 rings (SSSR count). The largest absolute Gasteiger partial charge is 0.439 e. The first-order chi connectivity index (χ1) is 14.6. The van der Waals surface area contributed by atoms with E-state index in [0.717, 1.165) is 5.82 Å². The lowest BCUT2D eigenvalue weighted by Crippen LogP contribution is -2.11. The lowest BCUT2D eigenvalue weighted by molar-refractivity contribution is 0.102. The second-order valence-corrected chi connectivity index (χ2v) is 6.33. The molecule has 8 nitrogen and oxygen atoms in total. The molecular formula is C22H16N6O2. The van der Waals surface area contributed by atoms with E-state index in [2.05, 4.69) is 20.3 Å². The number of hydrogen-bond acceptors (Lipinski definition) is 6. The van der Waals surface area contributed by atoms with E-state index < -0.39 is 0 Å². The Kier molecular flexibility index (Phi) is 5.17. The summed E-state index contributed by atoms with van der Waals surface area (Å²) in [5.74, 6) is 2.11. The van der Waals surface area contributed by atoms with E-state index in [4.69, 9.17) is 10.00 Å². The zero-order valence-corrected chi connectivity index (χ0v) is 16.0. The number of aryl methyl sites for hydroxylation is 1. The van der Waals surface area contributed by atoms with Gasteiger partial charge < -0.3 is 10.1 Å². The molecule has 8 heteroatoms. The Hall–Kier alpha value is -4.51. The molecule has 0 bridgehead atoms. The number of anilines is 1. The molecule has 0 spiro atoms. The Morgan fingerprint density at radius 1 is 1.10 bits per heavy atom. The highest BCUT2D eigenvalue weighted by Gasteiger charge is 2.08. The van der Waals surface area contributed by atoms with Crippen LogP contribution in [0.15, 0.2) is 73.3 Å². The Morgan fingerprint density at radius 3 is 2.67 bits per heavy atom. The number of aromatic nitrogens is 4. The summed E-state index contributed by atoms with van der Waals surface area (Å²) in [6.45, 7) is 1.88. The molecule has 0 saturated heterocycles. The van der Waals surface area contributed by atoms with Crippen molar-refractivity contribution in [3.05, 3.63) is 90.3 Å². The number of nitriles is 1. The van der Waals surface area contributed by atoms with Gasteiger partial charge in [0, 0.05) is 29.7 Å². The van der Waals surface area contributed by atoms with Crippen molar-refractivity contribution in [2.75, 3.05) is 5.32 Å². The van der Waals surface area contributed by atoms with Crippen molar-refractivity contribution in [1.29, 1.82) is 5.26 Å². The maximum atomic E-state index is 12.4. The van der Waals surface area contributed by atoms with Gasteiger partial charge in [-0.25, -0.2) is 15.0 Å². The molecule has 146 valence electrons. The number of hydrogen-bond donors (Lipinski definition) is 1. The van der Waals surface area contributed by atoms with Crippen LogP contribution in [0.4, 0.5) is 5.69 Å². The molecule has 30 heavy (non-hydrogen) atoms. The van der Waals surface area contributed by atoms with Crippen LogP contribution in [0.3, 0.4) is 0 Å². The molecule has 0 atom stereocenters. The lowest BCUT2D eigenvalue weighted by Gasteiger charge is -2.09. The van der Waals surface area contributed by atoms with Gasteiger partial charge >= 0.3 is 0 Å². The fraction of sp³-hybridized carbons (Fsp3) is 0.0455. The molecular weight excluding hydrogens is 380 g/mol. The van der Waals surface area contributed by atoms with Gasteiger partial charge in [-0.2, -0.15) is 5.26 Å². The first-order valence-electron chi connectivity index (χ1n) is 9.04. The third kappa shape index (κ3) is 4.15. The van der Waals surface area contributed by atoms with Crippen LogP contribution in [0.25, 0.3) is 5.82 Å². The minimum absolute atomic E-state index is 0.295. The van der Waals surface area contributed by atoms with Crippen LogP contribution in [0.5, 0.6) is 11.6 Å². The highest BCUT2D eigenvalue weighted by molar-refractivity contribution is 6.04. The number of nitrogens with one attached hydrogen (secondary N) is 1. The topological polar surface area (TPSA) is 106 Å². The summed E-state index contributed by atoms with van der Waals surface area (Å²) < 4.78 is 7.63. The van der Waals surface area contributed by atoms with E-state index in [1.165, 1.54) is 6.33 Å². The smallest absolute Gasteiger partial charge is 0.255 e. The summed E-state index contributed by atoms with van der Waals surface area (Å²) in [4.78, 5) is 24.9. The maximum Gasteiger partial charge on any atom is 0.255 e. The minimum atomic E-state index is -0.295. The van der Waals surface area contributed by atoms with Gasteiger partial charge in [0.15, 0.2) is 0 Å². The molecule has 2 aromatic heterocycles. The quantitative estimate of drug-likeness (QED) is 0.549. The molecule has 2 heterocycles. The maximum absolute atomic E-state index is 12.4. The molecule has 0 saturated carbocycles. The van der Waals surface area contributed by atoms with Crippen molar-refractivity contribution in [1.82, 2.24) is 19.5 Å². The SMILES string of the molecule is Cc1nccn1-c1cc(Oc2ccc(NC(=O)c3cccc(C#N)c3)cc2)ncn1. The second kappa shape index (κ2) is 8.24. The Bertz CT molecular complexity index is 1240. The molecule has 2 aromatic carbocycles. The van der Waals surface area contributed by atoms with Crippen LogP contribution in [0.2, 0.25) is 0 Å². The number of rotatable bonds is 5. The van der Waals surface area contributed by atoms with Crippen molar-refractivity contribution >= 4 is 11.6 Å². The van der Waals surface area contributed by atoms with Crippen molar-refractivity contribution in [2.24, 2.45) is 0 Å². The Morgan fingerprint density at radius 2 is 1.93 bits per heavy atom. The Labute approximate surface area is 172 Å². The standard InChI is InChI=1S/C22H16N6O2/c1-15-24-9-10-28(15)20-12-21(26-14-25-20)30-19-7-5-18(6-8-19)27-22(29)17-4-2-3-16(11-17)13-23/h2-12,14H,1H3,(H,27,29). The molecule has 0 aliphatic rings. The van der Waals surface area contributed by atoms with Gasteiger partial charge in [-0.3, -0.25) is 9.36 Å². The summed E-state index contributed by atoms with van der Waals surface area (Å²) >= 11 is 0. The fourth-order valence-electron chi connectivity index (χ4n) is 2.80. The van der Waals surface area contributed by atoms with Crippen molar-refractivity contribution in [3.63, 3.8) is 0 Å². The third-order valence-electron chi connectivity index (χ3n) is 4.29. The summed E-state index contributed by atoms with van der Waals surface area (Å²) in [5.41, 5.74) is 1.45. The normalized spacial score (nSPS) is 10.3. The molecule has 0 fully saturated rings. The number of carbonyl (C=O) groups excluding carboxylic acids is 1. The molecule has 0 unspecified atom stereocenters. The first kappa shape index (κ1) is 18.8. The average molecular weight is 396 g/mol. The van der Waals surface area contributed by atoms with Crippen LogP contribution < -0.4 is 10.1 Å². The highest BCUT2D eigenvalue weighted by atomic mass is 16.5.